The van der Waals surface area contributed by atoms with E-state index in [1.807, 2.05) is 0 Å². The van der Waals surface area contributed by atoms with Crippen molar-refractivity contribution in [1.82, 2.24) is 25.3 Å². The second-order valence-electron chi connectivity index (χ2n) is 11.2. The van der Waals surface area contributed by atoms with Crippen LogP contribution in [0.5, 0.6) is 0 Å². The van der Waals surface area contributed by atoms with Gasteiger partial charge < -0.3 is 35.3 Å². The van der Waals surface area contributed by atoms with Crippen LogP contribution in [-0.4, -0.2) is 67.9 Å². The Balaban J connectivity index is 1.23. The van der Waals surface area contributed by atoms with Gasteiger partial charge in [-0.1, -0.05) is 31.0 Å². The Hall–Kier alpha value is -6.75. The Labute approximate surface area is 307 Å². The first-order valence-electron chi connectivity index (χ1n) is 16.1. The third-order valence-electron chi connectivity index (χ3n) is 7.40. The van der Waals surface area contributed by atoms with E-state index in [4.69, 9.17) is 27.8 Å². The van der Waals surface area contributed by atoms with Crippen LogP contribution in [0.1, 0.15) is 57.7 Å². The SMILES string of the molecule is C#COP(=O)(OC#C)OCCCCOC(=O)c1ccccc1CC(=O)CC[C@H](NC(=O)c1ccc(NCc2cnc3nc(N)[nH]c(=O)c3n2)cc1)C(=O)O. The van der Waals surface area contributed by atoms with Gasteiger partial charge in [-0.2, -0.15) is 4.98 Å². The van der Waals surface area contributed by atoms with Crippen LogP contribution in [0.2, 0.25) is 0 Å². The quantitative estimate of drug-likeness (QED) is 0.0375. The predicted octanol–water partition coefficient (Wildman–Crippen LogP) is 2.96. The summed E-state index contributed by atoms with van der Waals surface area (Å²) < 4.78 is 31.2. The minimum absolute atomic E-state index is 0.0293. The highest BCUT2D eigenvalue weighted by molar-refractivity contribution is 7.48. The van der Waals surface area contributed by atoms with Gasteiger partial charge in [0, 0.05) is 24.1 Å². The largest absolute Gasteiger partial charge is 0.604 e. The number of benzene rings is 2. The Morgan fingerprint density at radius 1 is 1.00 bits per heavy atom. The number of Topliss-reactive ketones (excluding diaryl/α,β-unsaturated/α-hetero) is 1. The number of aromatic nitrogens is 4. The number of ketones is 1. The molecule has 18 nitrogen and oxygen atoms in total. The summed E-state index contributed by atoms with van der Waals surface area (Å²) >= 11 is 0. The van der Waals surface area contributed by atoms with Crippen molar-refractivity contribution in [3.8, 4) is 25.1 Å². The molecule has 1 atom stereocenters. The molecule has 19 heteroatoms. The zero-order valence-electron chi connectivity index (χ0n) is 28.5. The van der Waals surface area contributed by atoms with E-state index in [1.165, 1.54) is 24.4 Å². The first kappa shape index (κ1) is 40.0. The topological polar surface area (TPSA) is 264 Å². The van der Waals surface area contributed by atoms with Gasteiger partial charge in [0.2, 0.25) is 5.95 Å². The number of nitrogens with one attached hydrogen (secondary N) is 3. The van der Waals surface area contributed by atoms with Gasteiger partial charge in [-0.05, 0) is 55.2 Å². The van der Waals surface area contributed by atoms with Gasteiger partial charge in [-0.15, -0.1) is 0 Å². The molecule has 0 radical (unpaired) electrons. The summed E-state index contributed by atoms with van der Waals surface area (Å²) in [5.41, 5.74) is 6.90. The van der Waals surface area contributed by atoms with Crippen LogP contribution >= 0.6 is 7.82 Å². The molecule has 0 bridgehead atoms. The summed E-state index contributed by atoms with van der Waals surface area (Å²) in [6.45, 7) is 0.0468. The van der Waals surface area contributed by atoms with Gasteiger partial charge in [0.1, 0.15) is 24.0 Å². The zero-order valence-corrected chi connectivity index (χ0v) is 29.4. The molecule has 1 amide bonds. The molecule has 0 saturated heterocycles. The number of amides is 1. The molecule has 2 aromatic heterocycles. The first-order chi connectivity index (χ1) is 25.9. The van der Waals surface area contributed by atoms with Gasteiger partial charge >= 0.3 is 19.8 Å². The number of carboxylic acid groups (broad SMARTS) is 1. The standard InChI is InChI=1S/C35H34N7O11P/c1-3-51-54(49,52-4-2)53-18-8-7-17-50-34(48)27-10-6-5-9-23(27)19-26(43)15-16-28(33(46)47)40-31(44)22-11-13-24(14-12-22)37-20-25-21-38-30-29(39-25)32(45)42-35(36)41-30/h1-2,5-6,9-14,21,28,37H,7-8,15-20H2,(H,40,44)(H,46,47)(H3,36,38,41,42,45)/t28-/m0/s1. The lowest BCUT2D eigenvalue weighted by Crippen LogP contribution is -2.41. The van der Waals surface area contributed by atoms with Gasteiger partial charge in [0.25, 0.3) is 11.5 Å². The number of carboxylic acids is 1. The molecular formula is C35H34N7O11P. The second-order valence-corrected chi connectivity index (χ2v) is 12.8. The highest BCUT2D eigenvalue weighted by atomic mass is 31.2. The maximum absolute atomic E-state index is 12.9. The number of ether oxygens (including phenoxy) is 1. The van der Waals surface area contributed by atoms with Crippen LogP contribution in [-0.2, 0) is 45.4 Å². The number of H-pyrrole nitrogens is 1. The van der Waals surface area contributed by atoms with Crippen molar-refractivity contribution >= 4 is 54.3 Å². The minimum Gasteiger partial charge on any atom is -0.480 e. The number of terminal acetylenes is 2. The number of unbranched alkanes of at least 4 members (excludes halogenated alkanes) is 1. The van der Waals surface area contributed by atoms with E-state index in [9.17, 15) is 33.6 Å². The number of rotatable bonds is 20. The number of nitrogens with zero attached hydrogens (tertiary/aromatic N) is 3. The average Bonchev–Trinajstić information content (AvgIpc) is 3.14. The number of carbonyl (C=O) groups excluding carboxylic acids is 3. The fourth-order valence-electron chi connectivity index (χ4n) is 4.79. The predicted molar refractivity (Wildman–Crippen MR) is 192 cm³/mol. The number of aliphatic carboxylic acids is 1. The molecule has 0 spiro atoms. The van der Waals surface area contributed by atoms with Gasteiger partial charge in [0.05, 0.1) is 37.2 Å². The molecule has 4 rings (SSSR count). The van der Waals surface area contributed by atoms with E-state index in [1.54, 1.807) is 42.5 Å². The normalized spacial score (nSPS) is 11.4. The molecule has 0 aliphatic rings. The van der Waals surface area contributed by atoms with Gasteiger partial charge in [0.15, 0.2) is 11.2 Å². The molecule has 0 aliphatic heterocycles. The molecule has 0 unspecified atom stereocenters. The molecule has 2 aromatic carbocycles. The third-order valence-corrected chi connectivity index (χ3v) is 8.55. The van der Waals surface area contributed by atoms with E-state index in [0.29, 0.717) is 23.4 Å². The average molecular weight is 760 g/mol. The summed E-state index contributed by atoms with van der Waals surface area (Å²) in [5.74, 6) is -3.11. The Morgan fingerprint density at radius 2 is 1.70 bits per heavy atom. The van der Waals surface area contributed by atoms with Crippen LogP contribution in [0, 0.1) is 25.1 Å². The van der Waals surface area contributed by atoms with Crippen molar-refractivity contribution in [2.75, 3.05) is 24.3 Å². The van der Waals surface area contributed by atoms with Crippen molar-refractivity contribution < 1.29 is 47.2 Å². The molecular weight excluding hydrogens is 725 g/mol. The van der Waals surface area contributed by atoms with Gasteiger partial charge in [-0.3, -0.25) is 23.9 Å². The molecule has 280 valence electrons. The molecule has 6 N–H and O–H groups in total. The number of phosphoric ester groups is 1. The number of aromatic amines is 1. The second kappa shape index (κ2) is 19.2. The molecule has 0 aliphatic carbocycles. The third kappa shape index (κ3) is 11.6. The number of anilines is 2. The summed E-state index contributed by atoms with van der Waals surface area (Å²) in [4.78, 5) is 77.2. The van der Waals surface area contributed by atoms with Crippen LogP contribution in [0.4, 0.5) is 11.6 Å². The Kier molecular flexibility index (Phi) is 14.2. The fraction of sp³-hybridized carbons (Fsp3) is 0.257. The van der Waals surface area contributed by atoms with E-state index in [-0.39, 0.29) is 79.5 Å². The van der Waals surface area contributed by atoms with Crippen LogP contribution < -0.4 is 21.9 Å². The molecule has 0 fully saturated rings. The lowest BCUT2D eigenvalue weighted by atomic mass is 9.99. The number of esters is 1. The maximum Gasteiger partial charge on any atom is 0.604 e. The Bertz CT molecular complexity index is 2180. The Morgan fingerprint density at radius 3 is 2.41 bits per heavy atom. The van der Waals surface area contributed by atoms with Crippen molar-refractivity contribution in [1.29, 1.82) is 0 Å². The number of hydrogen-bond acceptors (Lipinski definition) is 15. The number of fused-ring (bicyclic) bond motifs is 1. The lowest BCUT2D eigenvalue weighted by Gasteiger charge is -2.15. The molecule has 4 aromatic rings. The monoisotopic (exact) mass is 759 g/mol. The minimum atomic E-state index is -4.09. The van der Waals surface area contributed by atoms with Crippen molar-refractivity contribution in [2.24, 2.45) is 0 Å². The number of nitrogens with two attached hydrogens (primary N) is 1. The number of carbonyl (C=O) groups is 4. The summed E-state index contributed by atoms with van der Waals surface area (Å²) in [6, 6.07) is 11.1. The lowest BCUT2D eigenvalue weighted by molar-refractivity contribution is -0.139. The number of hydrogen-bond donors (Lipinski definition) is 5. The van der Waals surface area contributed by atoms with Crippen LogP contribution in [0.25, 0.3) is 11.2 Å². The number of phosphoric acid groups is 1. The smallest absolute Gasteiger partial charge is 0.480 e. The first-order valence-corrected chi connectivity index (χ1v) is 17.6. The van der Waals surface area contributed by atoms with E-state index in [0.717, 1.165) is 0 Å². The van der Waals surface area contributed by atoms with E-state index < -0.39 is 37.3 Å². The molecule has 54 heavy (non-hydrogen) atoms. The van der Waals surface area contributed by atoms with Crippen molar-refractivity contribution in [2.45, 2.75) is 44.7 Å². The highest BCUT2D eigenvalue weighted by Gasteiger charge is 2.28. The van der Waals surface area contributed by atoms with Crippen molar-refractivity contribution in [3.63, 3.8) is 0 Å². The maximum atomic E-state index is 12.9. The van der Waals surface area contributed by atoms with Gasteiger partial charge in [-0.25, -0.2) is 24.1 Å². The summed E-state index contributed by atoms with van der Waals surface area (Å²) in [5, 5.41) is 15.3. The van der Waals surface area contributed by atoms with E-state index >= 15 is 0 Å². The fourth-order valence-corrected chi connectivity index (χ4v) is 5.54. The highest BCUT2D eigenvalue weighted by Crippen LogP contribution is 2.48. The zero-order chi connectivity index (χ0) is 39.1. The van der Waals surface area contributed by atoms with Crippen LogP contribution in [0.15, 0.2) is 59.5 Å². The molecule has 0 saturated carbocycles. The number of nitrogen functional groups attached to an aromatic ring is 1. The molecule has 2 heterocycles. The summed E-state index contributed by atoms with van der Waals surface area (Å²) in [7, 11) is -4.09. The summed E-state index contributed by atoms with van der Waals surface area (Å²) in [6.07, 6.45) is 14.7. The van der Waals surface area contributed by atoms with Crippen molar-refractivity contribution in [3.05, 3.63) is 87.5 Å². The van der Waals surface area contributed by atoms with Crippen LogP contribution in [0.3, 0.4) is 0 Å². The van der Waals surface area contributed by atoms with E-state index in [2.05, 4.69) is 39.6 Å².